The van der Waals surface area contributed by atoms with E-state index in [9.17, 15) is 13.2 Å². The fourth-order valence-corrected chi connectivity index (χ4v) is 3.65. The second-order valence-corrected chi connectivity index (χ2v) is 7.07. The van der Waals surface area contributed by atoms with E-state index in [0.717, 1.165) is 44.4 Å². The molecule has 3 aromatic rings. The van der Waals surface area contributed by atoms with Gasteiger partial charge in [-0.3, -0.25) is 4.68 Å². The molecule has 0 spiro atoms. The lowest BCUT2D eigenvalue weighted by Gasteiger charge is -2.32. The minimum Gasteiger partial charge on any atom is -0.490 e. The fourth-order valence-electron chi connectivity index (χ4n) is 3.65. The van der Waals surface area contributed by atoms with Crippen LogP contribution >= 0.6 is 0 Å². The molecular weight excluding hydrogens is 371 g/mol. The standard InChI is InChI=1S/C19H22F3N5O/c20-19(21,22)12-26-9-6-16-17(26)2-1-3-18(16)28-15-4-7-25(8-5-15)10-11-27-14-23-13-24-27/h1-3,6,9,13-15H,4-5,7-8,10-12H2. The summed E-state index contributed by atoms with van der Waals surface area (Å²) in [5, 5.41) is 4.83. The SMILES string of the molecule is FC(F)(F)Cn1ccc2c(OC3CCN(CCn4cncn4)CC3)cccc21. The molecule has 0 aliphatic carbocycles. The summed E-state index contributed by atoms with van der Waals surface area (Å²) in [7, 11) is 0. The Morgan fingerprint density at radius 3 is 2.64 bits per heavy atom. The predicted octanol–water partition coefficient (Wildman–Crippen LogP) is 3.34. The first-order valence-electron chi connectivity index (χ1n) is 9.34. The van der Waals surface area contributed by atoms with Gasteiger partial charge in [0.2, 0.25) is 0 Å². The average Bonchev–Trinajstić information content (AvgIpc) is 3.31. The van der Waals surface area contributed by atoms with Gasteiger partial charge in [0.25, 0.3) is 0 Å². The summed E-state index contributed by atoms with van der Waals surface area (Å²) in [6.07, 6.45) is 2.30. The maximum atomic E-state index is 12.7. The largest absolute Gasteiger partial charge is 0.490 e. The quantitative estimate of drug-likeness (QED) is 0.645. The molecule has 1 aliphatic rings. The van der Waals surface area contributed by atoms with Gasteiger partial charge < -0.3 is 14.2 Å². The molecule has 0 atom stereocenters. The lowest BCUT2D eigenvalue weighted by atomic mass is 10.1. The van der Waals surface area contributed by atoms with E-state index in [-0.39, 0.29) is 6.10 Å². The van der Waals surface area contributed by atoms with E-state index in [0.29, 0.717) is 11.3 Å². The zero-order chi connectivity index (χ0) is 19.6. The molecule has 0 radical (unpaired) electrons. The third-order valence-electron chi connectivity index (χ3n) is 5.06. The highest BCUT2D eigenvalue weighted by atomic mass is 19.4. The normalized spacial score (nSPS) is 16.7. The maximum absolute atomic E-state index is 12.7. The number of hydrogen-bond donors (Lipinski definition) is 0. The molecule has 3 heterocycles. The number of benzene rings is 1. The number of rotatable bonds is 6. The number of piperidine rings is 1. The molecule has 0 unspecified atom stereocenters. The van der Waals surface area contributed by atoms with Crippen molar-refractivity contribution in [3.8, 4) is 5.75 Å². The van der Waals surface area contributed by atoms with Crippen molar-refractivity contribution in [2.75, 3.05) is 19.6 Å². The molecule has 1 aromatic carbocycles. The molecule has 4 rings (SSSR count). The molecule has 0 bridgehead atoms. The van der Waals surface area contributed by atoms with Gasteiger partial charge in [-0.1, -0.05) is 6.07 Å². The van der Waals surface area contributed by atoms with Crippen LogP contribution < -0.4 is 4.74 Å². The van der Waals surface area contributed by atoms with E-state index in [4.69, 9.17) is 4.74 Å². The monoisotopic (exact) mass is 393 g/mol. The highest BCUT2D eigenvalue weighted by Crippen LogP contribution is 2.30. The predicted molar refractivity (Wildman–Crippen MR) is 98.1 cm³/mol. The van der Waals surface area contributed by atoms with E-state index in [2.05, 4.69) is 15.0 Å². The number of hydrogen-bond acceptors (Lipinski definition) is 4. The molecular formula is C19H22F3N5O. The zero-order valence-electron chi connectivity index (χ0n) is 15.3. The number of likely N-dealkylation sites (tertiary alicyclic amines) is 1. The summed E-state index contributed by atoms with van der Waals surface area (Å²) >= 11 is 0. The molecule has 0 N–H and O–H groups in total. The van der Waals surface area contributed by atoms with Crippen LogP contribution in [0.1, 0.15) is 12.8 Å². The third kappa shape index (κ3) is 4.46. The summed E-state index contributed by atoms with van der Waals surface area (Å²) < 4.78 is 47.4. The van der Waals surface area contributed by atoms with Gasteiger partial charge in [0.1, 0.15) is 31.1 Å². The smallest absolute Gasteiger partial charge is 0.406 e. The van der Waals surface area contributed by atoms with Crippen molar-refractivity contribution >= 4 is 10.9 Å². The maximum Gasteiger partial charge on any atom is 0.406 e. The molecule has 6 nitrogen and oxygen atoms in total. The van der Waals surface area contributed by atoms with Crippen molar-refractivity contribution < 1.29 is 17.9 Å². The van der Waals surface area contributed by atoms with E-state index < -0.39 is 12.7 Å². The molecule has 9 heteroatoms. The summed E-state index contributed by atoms with van der Waals surface area (Å²) in [6.45, 7) is 2.56. The first-order valence-corrected chi connectivity index (χ1v) is 9.34. The van der Waals surface area contributed by atoms with Crippen molar-refractivity contribution in [3.05, 3.63) is 43.1 Å². The van der Waals surface area contributed by atoms with Gasteiger partial charge in [-0.05, 0) is 31.0 Å². The van der Waals surface area contributed by atoms with E-state index in [1.165, 1.54) is 17.1 Å². The number of fused-ring (bicyclic) bond motifs is 1. The Morgan fingerprint density at radius 1 is 1.11 bits per heavy atom. The van der Waals surface area contributed by atoms with Gasteiger partial charge in [-0.2, -0.15) is 18.3 Å². The van der Waals surface area contributed by atoms with Gasteiger partial charge in [0.15, 0.2) is 0 Å². The van der Waals surface area contributed by atoms with Gasteiger partial charge in [-0.25, -0.2) is 4.98 Å². The van der Waals surface area contributed by atoms with Crippen molar-refractivity contribution in [1.29, 1.82) is 0 Å². The van der Waals surface area contributed by atoms with Crippen molar-refractivity contribution in [2.45, 2.75) is 38.2 Å². The Balaban J connectivity index is 1.35. The van der Waals surface area contributed by atoms with Crippen LogP contribution in [-0.4, -0.2) is 56.1 Å². The summed E-state index contributed by atoms with van der Waals surface area (Å²) in [5.41, 5.74) is 0.542. The van der Waals surface area contributed by atoms with E-state index >= 15 is 0 Å². The third-order valence-corrected chi connectivity index (χ3v) is 5.06. The fraction of sp³-hybridized carbons (Fsp3) is 0.474. The Labute approximate surface area is 160 Å². The Kier molecular flexibility index (Phi) is 5.25. The van der Waals surface area contributed by atoms with Crippen LogP contribution in [0.4, 0.5) is 13.2 Å². The first kappa shape index (κ1) is 18.8. The highest BCUT2D eigenvalue weighted by molar-refractivity contribution is 5.86. The summed E-state index contributed by atoms with van der Waals surface area (Å²) in [4.78, 5) is 6.30. The number of alkyl halides is 3. The van der Waals surface area contributed by atoms with Crippen molar-refractivity contribution in [2.24, 2.45) is 0 Å². The molecule has 0 amide bonds. The average molecular weight is 393 g/mol. The Morgan fingerprint density at radius 2 is 1.93 bits per heavy atom. The first-order chi connectivity index (χ1) is 13.5. The van der Waals surface area contributed by atoms with Gasteiger partial charge in [-0.15, -0.1) is 0 Å². The van der Waals surface area contributed by atoms with Crippen LogP contribution in [0.3, 0.4) is 0 Å². The summed E-state index contributed by atoms with van der Waals surface area (Å²) in [6, 6.07) is 6.97. The second-order valence-electron chi connectivity index (χ2n) is 7.07. The highest BCUT2D eigenvalue weighted by Gasteiger charge is 2.28. The molecule has 1 fully saturated rings. The van der Waals surface area contributed by atoms with Crippen LogP contribution in [0.15, 0.2) is 43.1 Å². The Bertz CT molecular complexity index is 898. The Hall–Kier alpha value is -2.55. The molecule has 0 saturated carbocycles. The van der Waals surface area contributed by atoms with Crippen LogP contribution in [0.2, 0.25) is 0 Å². The van der Waals surface area contributed by atoms with Crippen molar-refractivity contribution in [3.63, 3.8) is 0 Å². The van der Waals surface area contributed by atoms with Gasteiger partial charge >= 0.3 is 6.18 Å². The topological polar surface area (TPSA) is 48.1 Å². The lowest BCUT2D eigenvalue weighted by molar-refractivity contribution is -0.139. The van der Waals surface area contributed by atoms with Crippen LogP contribution in [-0.2, 0) is 13.1 Å². The summed E-state index contributed by atoms with van der Waals surface area (Å²) in [5.74, 6) is 0.652. The van der Waals surface area contributed by atoms with Gasteiger partial charge in [0.05, 0.1) is 12.1 Å². The van der Waals surface area contributed by atoms with E-state index in [1.807, 2.05) is 10.7 Å². The van der Waals surface area contributed by atoms with E-state index in [1.54, 1.807) is 24.5 Å². The molecule has 1 aliphatic heterocycles. The van der Waals surface area contributed by atoms with Crippen LogP contribution in [0.5, 0.6) is 5.75 Å². The van der Waals surface area contributed by atoms with Crippen LogP contribution in [0, 0.1) is 0 Å². The number of halogens is 3. The zero-order valence-corrected chi connectivity index (χ0v) is 15.3. The van der Waals surface area contributed by atoms with Crippen LogP contribution in [0.25, 0.3) is 10.9 Å². The van der Waals surface area contributed by atoms with Crippen molar-refractivity contribution in [1.82, 2.24) is 24.2 Å². The van der Waals surface area contributed by atoms with Gasteiger partial charge in [0, 0.05) is 31.2 Å². The minimum atomic E-state index is -4.25. The molecule has 28 heavy (non-hydrogen) atoms. The second kappa shape index (κ2) is 7.83. The molecule has 150 valence electrons. The number of ether oxygens (including phenoxy) is 1. The molecule has 2 aromatic heterocycles. The minimum absolute atomic E-state index is 0.0687. The number of aromatic nitrogens is 4. The lowest BCUT2D eigenvalue weighted by Crippen LogP contribution is -2.39. The molecule has 1 saturated heterocycles. The number of nitrogens with zero attached hydrogens (tertiary/aromatic N) is 5.